The Morgan fingerprint density at radius 3 is 2.88 bits per heavy atom. The zero-order valence-electron chi connectivity index (χ0n) is 9.07. The molecule has 0 fully saturated rings. The fraction of sp³-hybridized carbons (Fsp3) is 0.250. The van der Waals surface area contributed by atoms with Gasteiger partial charge in [-0.05, 0) is 30.2 Å². The van der Waals surface area contributed by atoms with E-state index in [1.54, 1.807) is 18.2 Å². The van der Waals surface area contributed by atoms with Crippen LogP contribution >= 0.6 is 11.6 Å². The number of nitrogen functional groups attached to an aromatic ring is 1. The summed E-state index contributed by atoms with van der Waals surface area (Å²) in [5.41, 5.74) is 7.54. The molecule has 1 aromatic rings. The number of halogens is 1. The maximum atomic E-state index is 11.3. The fourth-order valence-electron chi connectivity index (χ4n) is 1.29. The van der Waals surface area contributed by atoms with Gasteiger partial charge in [0.05, 0.1) is 12.7 Å². The summed E-state index contributed by atoms with van der Waals surface area (Å²) in [6.45, 7) is 0. The number of methoxy groups -OCH3 is 1. The van der Waals surface area contributed by atoms with Gasteiger partial charge >= 0.3 is 5.97 Å². The summed E-state index contributed by atoms with van der Waals surface area (Å²) in [4.78, 5) is 11.3. The molecule has 0 bridgehead atoms. The predicted octanol–water partition coefficient (Wildman–Crippen LogP) is 2.70. The van der Waals surface area contributed by atoms with Crippen LogP contribution in [0.2, 0.25) is 0 Å². The molecule has 4 heteroatoms. The first-order chi connectivity index (χ1) is 7.67. The molecule has 0 saturated carbocycles. The Kier molecular flexibility index (Phi) is 4.86. The van der Waals surface area contributed by atoms with Crippen LogP contribution < -0.4 is 5.73 Å². The molecule has 0 spiro atoms. The molecule has 0 aliphatic heterocycles. The lowest BCUT2D eigenvalue weighted by Crippen LogP contribution is -2.02. The first kappa shape index (κ1) is 12.6. The minimum atomic E-state index is -0.390. The van der Waals surface area contributed by atoms with E-state index in [-0.39, 0.29) is 5.97 Å². The molecule has 0 unspecified atom stereocenters. The van der Waals surface area contributed by atoms with Crippen molar-refractivity contribution in [1.82, 2.24) is 0 Å². The van der Waals surface area contributed by atoms with E-state index < -0.39 is 0 Å². The van der Waals surface area contributed by atoms with Gasteiger partial charge in [-0.2, -0.15) is 0 Å². The molecule has 86 valence electrons. The molecular formula is C12H14ClNO2. The largest absolute Gasteiger partial charge is 0.465 e. The van der Waals surface area contributed by atoms with Gasteiger partial charge in [-0.1, -0.05) is 12.2 Å². The van der Waals surface area contributed by atoms with E-state index in [0.717, 1.165) is 12.0 Å². The molecule has 0 atom stereocenters. The van der Waals surface area contributed by atoms with Gasteiger partial charge in [0, 0.05) is 11.6 Å². The Morgan fingerprint density at radius 2 is 2.25 bits per heavy atom. The van der Waals surface area contributed by atoms with Gasteiger partial charge < -0.3 is 10.5 Å². The summed E-state index contributed by atoms with van der Waals surface area (Å²) in [6.07, 6.45) is 4.60. The van der Waals surface area contributed by atoms with E-state index >= 15 is 0 Å². The number of nitrogens with two attached hydrogens (primary N) is 1. The normalized spacial score (nSPS) is 10.6. The van der Waals surface area contributed by atoms with E-state index in [9.17, 15) is 4.79 Å². The van der Waals surface area contributed by atoms with E-state index in [0.29, 0.717) is 17.1 Å². The Hall–Kier alpha value is -1.48. The summed E-state index contributed by atoms with van der Waals surface area (Å²) in [7, 11) is 1.34. The van der Waals surface area contributed by atoms with Crippen LogP contribution in [0.1, 0.15) is 22.3 Å². The van der Waals surface area contributed by atoms with Crippen molar-refractivity contribution in [3.05, 3.63) is 35.4 Å². The van der Waals surface area contributed by atoms with Crippen LogP contribution in [0.5, 0.6) is 0 Å². The van der Waals surface area contributed by atoms with Gasteiger partial charge in [-0.3, -0.25) is 0 Å². The summed E-state index contributed by atoms with van der Waals surface area (Å²) in [6, 6.07) is 5.11. The fourth-order valence-corrected chi connectivity index (χ4v) is 1.42. The molecular weight excluding hydrogens is 226 g/mol. The summed E-state index contributed by atoms with van der Waals surface area (Å²) >= 11 is 5.55. The molecule has 0 radical (unpaired) electrons. The molecule has 16 heavy (non-hydrogen) atoms. The second kappa shape index (κ2) is 6.18. The van der Waals surface area contributed by atoms with Crippen LogP contribution in [0.15, 0.2) is 24.3 Å². The zero-order valence-corrected chi connectivity index (χ0v) is 9.83. The Bertz CT molecular complexity index is 402. The van der Waals surface area contributed by atoms with Crippen molar-refractivity contribution in [3.8, 4) is 0 Å². The lowest BCUT2D eigenvalue weighted by atomic mass is 10.1. The predicted molar refractivity (Wildman–Crippen MR) is 66.6 cm³/mol. The van der Waals surface area contributed by atoms with Gasteiger partial charge in [0.1, 0.15) is 0 Å². The number of hydrogen-bond donors (Lipinski definition) is 1. The van der Waals surface area contributed by atoms with Crippen LogP contribution in [0.3, 0.4) is 0 Å². The summed E-state index contributed by atoms with van der Waals surface area (Å²) < 4.78 is 4.63. The molecule has 2 N–H and O–H groups in total. The number of ether oxygens (including phenoxy) is 1. The van der Waals surface area contributed by atoms with Crippen molar-refractivity contribution in [2.75, 3.05) is 18.7 Å². The van der Waals surface area contributed by atoms with E-state index in [2.05, 4.69) is 4.74 Å². The first-order valence-corrected chi connectivity index (χ1v) is 5.42. The SMILES string of the molecule is COC(=O)c1cc(N)cc(C=CCCCl)c1. The van der Waals surface area contributed by atoms with Gasteiger partial charge in [-0.25, -0.2) is 4.79 Å². The van der Waals surface area contributed by atoms with Crippen molar-refractivity contribution < 1.29 is 9.53 Å². The Labute approximate surface area is 99.8 Å². The molecule has 0 saturated heterocycles. The zero-order chi connectivity index (χ0) is 12.0. The van der Waals surface area contributed by atoms with E-state index in [1.165, 1.54) is 7.11 Å². The first-order valence-electron chi connectivity index (χ1n) is 4.88. The average Bonchev–Trinajstić information content (AvgIpc) is 2.27. The standard InChI is InChI=1S/C12H14ClNO2/c1-16-12(15)10-6-9(4-2-3-5-13)7-11(14)8-10/h2,4,6-8H,3,5,14H2,1H3. The molecule has 0 aliphatic rings. The lowest BCUT2D eigenvalue weighted by Gasteiger charge is -2.03. The maximum absolute atomic E-state index is 11.3. The molecule has 0 aliphatic carbocycles. The number of allylic oxidation sites excluding steroid dienone is 1. The molecule has 1 aromatic carbocycles. The van der Waals surface area contributed by atoms with Gasteiger partial charge in [0.25, 0.3) is 0 Å². The number of hydrogen-bond acceptors (Lipinski definition) is 3. The monoisotopic (exact) mass is 239 g/mol. The van der Waals surface area contributed by atoms with E-state index in [1.807, 2.05) is 12.2 Å². The number of benzene rings is 1. The minimum absolute atomic E-state index is 0.390. The topological polar surface area (TPSA) is 52.3 Å². The van der Waals surface area contributed by atoms with Crippen molar-refractivity contribution >= 4 is 29.3 Å². The number of carbonyl (C=O) groups is 1. The van der Waals surface area contributed by atoms with Crippen LogP contribution in [0.4, 0.5) is 5.69 Å². The Morgan fingerprint density at radius 1 is 1.50 bits per heavy atom. The maximum Gasteiger partial charge on any atom is 0.337 e. The van der Waals surface area contributed by atoms with E-state index in [4.69, 9.17) is 17.3 Å². The highest BCUT2D eigenvalue weighted by Gasteiger charge is 2.06. The molecule has 0 aromatic heterocycles. The van der Waals surface area contributed by atoms with Crippen LogP contribution in [0, 0.1) is 0 Å². The highest BCUT2D eigenvalue weighted by Crippen LogP contribution is 2.14. The van der Waals surface area contributed by atoms with Crippen LogP contribution in [-0.4, -0.2) is 19.0 Å². The number of esters is 1. The third kappa shape index (κ3) is 3.59. The number of anilines is 1. The molecule has 1 rings (SSSR count). The molecule has 0 amide bonds. The summed E-state index contributed by atoms with van der Waals surface area (Å²) in [5.74, 6) is 0.183. The van der Waals surface area contributed by atoms with Crippen LogP contribution in [0.25, 0.3) is 6.08 Å². The lowest BCUT2D eigenvalue weighted by molar-refractivity contribution is 0.0601. The smallest absolute Gasteiger partial charge is 0.337 e. The van der Waals surface area contributed by atoms with Gasteiger partial charge in [0.15, 0.2) is 0 Å². The second-order valence-electron chi connectivity index (χ2n) is 3.26. The van der Waals surface area contributed by atoms with Crippen molar-refractivity contribution in [2.24, 2.45) is 0 Å². The molecule has 0 heterocycles. The van der Waals surface area contributed by atoms with Crippen molar-refractivity contribution in [1.29, 1.82) is 0 Å². The quantitative estimate of drug-likeness (QED) is 0.499. The highest BCUT2D eigenvalue weighted by molar-refractivity contribution is 6.17. The number of alkyl halides is 1. The Balaban J connectivity index is 2.94. The summed E-state index contributed by atoms with van der Waals surface area (Å²) in [5, 5.41) is 0. The number of rotatable bonds is 4. The van der Waals surface area contributed by atoms with Crippen LogP contribution in [-0.2, 0) is 4.74 Å². The van der Waals surface area contributed by atoms with Crippen molar-refractivity contribution in [2.45, 2.75) is 6.42 Å². The van der Waals surface area contributed by atoms with Crippen molar-refractivity contribution in [3.63, 3.8) is 0 Å². The van der Waals surface area contributed by atoms with Gasteiger partial charge in [0.2, 0.25) is 0 Å². The molecule has 3 nitrogen and oxygen atoms in total. The second-order valence-corrected chi connectivity index (χ2v) is 3.64. The van der Waals surface area contributed by atoms with Gasteiger partial charge in [-0.15, -0.1) is 11.6 Å². The highest BCUT2D eigenvalue weighted by atomic mass is 35.5. The average molecular weight is 240 g/mol. The minimum Gasteiger partial charge on any atom is -0.465 e. The number of carbonyl (C=O) groups excluding carboxylic acids is 1. The third-order valence-corrected chi connectivity index (χ3v) is 2.20. The third-order valence-electron chi connectivity index (χ3n) is 1.98.